The zero-order valence-electron chi connectivity index (χ0n) is 51.9. The van der Waals surface area contributed by atoms with E-state index in [2.05, 4.69) is 28.8 Å². The lowest BCUT2D eigenvalue weighted by atomic mass is 9.39. The summed E-state index contributed by atoms with van der Waals surface area (Å²) in [4.78, 5) is 0. The van der Waals surface area contributed by atoms with E-state index >= 15 is 0 Å². The van der Waals surface area contributed by atoms with Gasteiger partial charge in [-0.25, -0.2) is 0 Å². The van der Waals surface area contributed by atoms with Crippen molar-refractivity contribution in [2.24, 2.45) is 124 Å². The molecule has 28 aliphatic rings. The Balaban J connectivity index is 0.831. The van der Waals surface area contributed by atoms with E-state index in [1.54, 1.807) is 154 Å². The quantitative estimate of drug-likeness (QED) is 0.243. The molecule has 0 aromatic heterocycles. The van der Waals surface area contributed by atoms with Gasteiger partial charge < -0.3 is 4.74 Å². The van der Waals surface area contributed by atoms with Crippen LogP contribution in [0.4, 0.5) is 0 Å². The minimum atomic E-state index is 0.277. The van der Waals surface area contributed by atoms with Gasteiger partial charge in [-0.3, -0.25) is 0 Å². The largest absolute Gasteiger partial charge is 0.456 e. The van der Waals surface area contributed by atoms with E-state index in [1.807, 2.05) is 22.3 Å². The maximum absolute atomic E-state index is 9.22. The number of ether oxygens (including phenoxy) is 1. The molecule has 0 saturated heterocycles. The highest BCUT2D eigenvalue weighted by atomic mass is 16.5. The molecule has 30 rings (SSSR count). The van der Waals surface area contributed by atoms with Gasteiger partial charge in [-0.05, 0) is 455 Å². The van der Waals surface area contributed by atoms with Gasteiger partial charge in [0.25, 0.3) is 0 Å². The molecule has 28 bridgehead atoms. The lowest BCUT2D eigenvalue weighted by Gasteiger charge is -2.65. The maximum Gasteiger partial charge on any atom is 0.139 e. The average molecular weight is 1110 g/mol. The van der Waals surface area contributed by atoms with E-state index in [0.717, 1.165) is 124 Å². The molecule has 0 atom stereocenters. The Labute approximate surface area is 502 Å². The van der Waals surface area contributed by atoms with E-state index in [0.29, 0.717) is 32.5 Å². The highest BCUT2D eigenvalue weighted by Gasteiger charge is 2.66. The fourth-order valence-electron chi connectivity index (χ4n) is 35.9. The molecule has 0 heterocycles. The summed E-state index contributed by atoms with van der Waals surface area (Å²) in [5.41, 5.74) is 16.7. The molecule has 28 aliphatic carbocycles. The molecule has 0 spiro atoms. The van der Waals surface area contributed by atoms with Gasteiger partial charge in [-0.2, -0.15) is 0 Å². The minimum Gasteiger partial charge on any atom is -0.456 e. The molecule has 0 N–H and O–H groups in total. The molecule has 441 valence electrons. The summed E-state index contributed by atoms with van der Waals surface area (Å²) in [5, 5.41) is 0. The van der Waals surface area contributed by atoms with Crippen molar-refractivity contribution in [3.63, 3.8) is 0 Å². The summed E-state index contributed by atoms with van der Waals surface area (Å²) in [5.74, 6) is 23.2. The fourth-order valence-corrected chi connectivity index (χ4v) is 35.9. The summed E-state index contributed by atoms with van der Waals surface area (Å²) in [6, 6.07) is 11.1. The van der Waals surface area contributed by atoms with Gasteiger partial charge in [0.1, 0.15) is 11.5 Å². The highest BCUT2D eigenvalue weighted by molar-refractivity contribution is 5.65. The number of benzene rings is 2. The van der Waals surface area contributed by atoms with Crippen LogP contribution in [0.1, 0.15) is 309 Å². The van der Waals surface area contributed by atoms with Crippen molar-refractivity contribution in [3.8, 4) is 11.5 Å². The Hall–Kier alpha value is -1.76. The molecule has 2 aromatic rings. The molecule has 0 amide bonds. The van der Waals surface area contributed by atoms with Crippen LogP contribution >= 0.6 is 0 Å². The standard InChI is InChI=1S/C82H107O/c1-2-69(73(80-37-58-15-59(38-80)17-60(16-58)39-80)71(78-31-52-9-53(32-78)11-54(10-52)33-78)67(1)76-25-46-3-47(26-76)5-48(4-46)27-76)83-70-24-68(77-28-49-6-50(29-77)8-51(7-49)30-77)72(79-34-55-12-56(35-79)14-57(13-55)36-79)75(82-43-64-21-65(44-82)23-66(22-64)45-82)74(70)81-40-61-18-62(41-81)20-63(19-61)42-81/h1-2,46-66H,3-23,25-45H2. The lowest BCUT2D eigenvalue weighted by molar-refractivity contribution is -0.0295. The molecular weight excluding hydrogens is 1000 g/mol. The molecule has 1 nitrogen and oxygen atoms in total. The van der Waals surface area contributed by atoms with Crippen LogP contribution in [0.3, 0.4) is 0 Å². The van der Waals surface area contributed by atoms with Crippen molar-refractivity contribution in [2.75, 3.05) is 0 Å². The first-order valence-corrected chi connectivity index (χ1v) is 38.5. The van der Waals surface area contributed by atoms with Gasteiger partial charge in [0.15, 0.2) is 0 Å². The zero-order valence-corrected chi connectivity index (χ0v) is 51.9. The summed E-state index contributed by atoms with van der Waals surface area (Å²) in [7, 11) is 0. The first-order chi connectivity index (χ1) is 40.4. The highest BCUT2D eigenvalue weighted by Crippen LogP contribution is 2.76. The van der Waals surface area contributed by atoms with Gasteiger partial charge in [-0.1, -0.05) is 6.07 Å². The third kappa shape index (κ3) is 6.73. The van der Waals surface area contributed by atoms with E-state index < -0.39 is 0 Å². The molecule has 1 heteroatoms. The second-order valence-corrected chi connectivity index (χ2v) is 40.3. The molecule has 0 unspecified atom stereocenters. The summed E-state index contributed by atoms with van der Waals surface area (Å²) in [6.07, 6.45) is 64.6. The molecule has 28 fully saturated rings. The van der Waals surface area contributed by atoms with Crippen molar-refractivity contribution in [1.82, 2.24) is 0 Å². The van der Waals surface area contributed by atoms with Crippen LogP contribution < -0.4 is 4.74 Å². The van der Waals surface area contributed by atoms with Crippen LogP contribution in [0.2, 0.25) is 0 Å². The van der Waals surface area contributed by atoms with E-state index in [-0.39, 0.29) is 5.41 Å². The average Bonchev–Trinajstić information content (AvgIpc) is 0.912. The second-order valence-electron chi connectivity index (χ2n) is 40.3. The van der Waals surface area contributed by atoms with Crippen LogP contribution in [-0.2, 0) is 37.9 Å². The van der Waals surface area contributed by atoms with E-state index in [4.69, 9.17) is 6.07 Å². The van der Waals surface area contributed by atoms with Crippen molar-refractivity contribution >= 4 is 0 Å². The van der Waals surface area contributed by atoms with Crippen LogP contribution in [0.15, 0.2) is 12.1 Å². The van der Waals surface area contributed by atoms with Crippen molar-refractivity contribution in [1.29, 1.82) is 0 Å². The van der Waals surface area contributed by atoms with Crippen molar-refractivity contribution in [3.05, 3.63) is 57.1 Å². The van der Waals surface area contributed by atoms with E-state index in [9.17, 15) is 4.74 Å². The monoisotopic (exact) mass is 1110 g/mol. The first-order valence-electron chi connectivity index (χ1n) is 38.5. The summed E-state index contributed by atoms with van der Waals surface area (Å²) >= 11 is 0. The Morgan fingerprint density at radius 1 is 0.229 bits per heavy atom. The van der Waals surface area contributed by atoms with Crippen LogP contribution in [0.5, 0.6) is 11.5 Å². The van der Waals surface area contributed by atoms with Crippen molar-refractivity contribution in [2.45, 2.75) is 308 Å². The Bertz CT molecular complexity index is 2870. The van der Waals surface area contributed by atoms with Gasteiger partial charge >= 0.3 is 0 Å². The van der Waals surface area contributed by atoms with Crippen molar-refractivity contribution < 1.29 is 4.74 Å². The number of hydrogen-bond acceptors (Lipinski definition) is 1. The van der Waals surface area contributed by atoms with Crippen LogP contribution in [0.25, 0.3) is 0 Å². The number of rotatable bonds is 9. The van der Waals surface area contributed by atoms with E-state index in [1.165, 1.54) is 127 Å². The molecule has 28 saturated carbocycles. The molecule has 1 radical (unpaired) electrons. The van der Waals surface area contributed by atoms with Gasteiger partial charge in [0, 0.05) is 28.0 Å². The maximum atomic E-state index is 9.22. The Morgan fingerprint density at radius 2 is 0.458 bits per heavy atom. The predicted molar refractivity (Wildman–Crippen MR) is 331 cm³/mol. The summed E-state index contributed by atoms with van der Waals surface area (Å²) < 4.78 is 9.22. The molecule has 0 aliphatic heterocycles. The van der Waals surface area contributed by atoms with Crippen LogP contribution in [-0.4, -0.2) is 0 Å². The Kier molecular flexibility index (Phi) is 9.59. The molecular formula is C82H107O. The smallest absolute Gasteiger partial charge is 0.139 e. The second kappa shape index (κ2) is 16.2. The minimum absolute atomic E-state index is 0.277. The number of hydrogen-bond donors (Lipinski definition) is 0. The van der Waals surface area contributed by atoms with Gasteiger partial charge in [-0.15, -0.1) is 0 Å². The van der Waals surface area contributed by atoms with Crippen LogP contribution in [0, 0.1) is 130 Å². The third-order valence-corrected chi connectivity index (χ3v) is 34.6. The fraction of sp³-hybridized carbons (Fsp3) is 0.854. The SMILES string of the molecule is [c]1c(Oc2ccc(C34CC5CC(CC(C5)C3)C4)c(C34CC5CC(CC(C5)C3)C4)c2C23CC4CC(CC(C4)C2)C3)c(C23CC4CC(CC(C4)C2)C3)c(C23CC4CC(CC(C4)C2)C3)c(C23CC4CC(CC(C4)C2)C3)c1C12CC3CC(CC(C3)C1)C2. The molecule has 2 aromatic carbocycles. The first kappa shape index (κ1) is 49.1. The lowest BCUT2D eigenvalue weighted by Crippen LogP contribution is -2.56. The van der Waals surface area contributed by atoms with Gasteiger partial charge in [0.2, 0.25) is 0 Å². The normalized spacial score (nSPS) is 58.0. The molecule has 83 heavy (non-hydrogen) atoms. The zero-order chi connectivity index (χ0) is 53.3. The third-order valence-electron chi connectivity index (χ3n) is 34.6. The topological polar surface area (TPSA) is 9.23 Å². The Morgan fingerprint density at radius 3 is 0.759 bits per heavy atom. The van der Waals surface area contributed by atoms with Gasteiger partial charge in [0.05, 0.1) is 0 Å². The predicted octanol–water partition coefficient (Wildman–Crippen LogP) is 20.6. The summed E-state index contributed by atoms with van der Waals surface area (Å²) in [6.45, 7) is 0.